The largest absolute Gasteiger partial charge is 0.395 e. The molecule has 11 heteroatoms. The molecule has 2 unspecified atom stereocenters. The van der Waals surface area contributed by atoms with Gasteiger partial charge in [0.15, 0.2) is 0 Å². The first kappa shape index (κ1) is 23.0. The molecular formula is C20H22F3N3O4S. The minimum Gasteiger partial charge on any atom is -0.369 e. The Labute approximate surface area is 178 Å². The van der Waals surface area contributed by atoms with Crippen molar-refractivity contribution in [2.45, 2.75) is 36.9 Å². The number of nitro groups is 1. The van der Waals surface area contributed by atoms with E-state index in [-0.39, 0.29) is 22.7 Å². The first-order valence-electron chi connectivity index (χ1n) is 9.59. The lowest BCUT2D eigenvalue weighted by Crippen LogP contribution is -2.54. The second-order valence-corrected chi connectivity index (χ2v) is 9.41. The van der Waals surface area contributed by atoms with Crippen LogP contribution in [-0.2, 0) is 10.0 Å². The third-order valence-corrected chi connectivity index (χ3v) is 7.50. The lowest BCUT2D eigenvalue weighted by Gasteiger charge is -2.40. The fourth-order valence-corrected chi connectivity index (χ4v) is 5.18. The van der Waals surface area contributed by atoms with E-state index in [0.29, 0.717) is 13.1 Å². The lowest BCUT2D eigenvalue weighted by molar-refractivity contribution is -0.384. The van der Waals surface area contributed by atoms with Gasteiger partial charge >= 0.3 is 6.18 Å². The third kappa shape index (κ3) is 4.82. The van der Waals surface area contributed by atoms with Gasteiger partial charge < -0.3 is 4.90 Å². The van der Waals surface area contributed by atoms with Crippen molar-refractivity contribution in [1.82, 2.24) is 4.31 Å². The molecule has 1 fully saturated rings. The van der Waals surface area contributed by atoms with E-state index in [1.807, 2.05) is 4.90 Å². The molecule has 0 aliphatic carbocycles. The summed E-state index contributed by atoms with van der Waals surface area (Å²) in [6.45, 7) is 3.71. The predicted octanol–water partition coefficient (Wildman–Crippen LogP) is 4.16. The fraction of sp³-hybridized carbons (Fsp3) is 0.400. The van der Waals surface area contributed by atoms with Gasteiger partial charge in [0.1, 0.15) is 0 Å². The summed E-state index contributed by atoms with van der Waals surface area (Å²) < 4.78 is 66.1. The lowest BCUT2D eigenvalue weighted by atomic mass is 10.0. The summed E-state index contributed by atoms with van der Waals surface area (Å²) in [5, 5.41) is 10.8. The molecule has 0 amide bonds. The number of hydrogen-bond acceptors (Lipinski definition) is 5. The minimum absolute atomic E-state index is 0.00230. The first-order chi connectivity index (χ1) is 14.4. The van der Waals surface area contributed by atoms with Crippen LogP contribution in [0.2, 0.25) is 0 Å². The van der Waals surface area contributed by atoms with Crippen molar-refractivity contribution in [3.05, 3.63) is 64.2 Å². The number of halogens is 3. The van der Waals surface area contributed by atoms with Crippen LogP contribution >= 0.6 is 0 Å². The molecule has 168 valence electrons. The van der Waals surface area contributed by atoms with Gasteiger partial charge in [0.05, 0.1) is 15.7 Å². The molecule has 2 aromatic rings. The molecule has 1 aliphatic heterocycles. The average Bonchev–Trinajstić information content (AvgIpc) is 2.72. The van der Waals surface area contributed by atoms with Crippen LogP contribution in [0.25, 0.3) is 0 Å². The van der Waals surface area contributed by atoms with Crippen molar-refractivity contribution in [1.29, 1.82) is 0 Å². The van der Waals surface area contributed by atoms with Crippen molar-refractivity contribution < 1.29 is 26.5 Å². The number of nitrogens with zero attached hydrogens (tertiary/aromatic N) is 3. The maximum absolute atomic E-state index is 13.0. The van der Waals surface area contributed by atoms with E-state index in [0.717, 1.165) is 12.6 Å². The average molecular weight is 457 g/mol. The van der Waals surface area contributed by atoms with Crippen molar-refractivity contribution in [3.8, 4) is 0 Å². The molecule has 0 spiro atoms. The number of anilines is 1. The maximum Gasteiger partial charge on any atom is 0.395 e. The van der Waals surface area contributed by atoms with Crippen LogP contribution in [0.3, 0.4) is 0 Å². The van der Waals surface area contributed by atoms with Gasteiger partial charge in [0, 0.05) is 43.5 Å². The molecule has 2 aromatic carbocycles. The van der Waals surface area contributed by atoms with E-state index in [4.69, 9.17) is 0 Å². The van der Waals surface area contributed by atoms with Gasteiger partial charge in [-0.3, -0.25) is 10.1 Å². The number of benzene rings is 2. The zero-order valence-electron chi connectivity index (χ0n) is 16.9. The number of piperazine rings is 1. The normalized spacial score (nSPS) is 19.3. The molecular weight excluding hydrogens is 435 g/mol. The maximum atomic E-state index is 13.0. The Morgan fingerprint density at radius 3 is 2.13 bits per heavy atom. The van der Waals surface area contributed by atoms with Crippen molar-refractivity contribution in [2.75, 3.05) is 24.5 Å². The summed E-state index contributed by atoms with van der Waals surface area (Å²) >= 11 is 0. The number of alkyl halides is 3. The summed E-state index contributed by atoms with van der Waals surface area (Å²) in [6, 6.07) is 10.4. The van der Waals surface area contributed by atoms with E-state index >= 15 is 0 Å². The molecule has 0 bridgehead atoms. The summed E-state index contributed by atoms with van der Waals surface area (Å²) in [6.07, 6.45) is -4.40. The van der Waals surface area contributed by atoms with E-state index in [9.17, 15) is 31.7 Å². The summed E-state index contributed by atoms with van der Waals surface area (Å²) in [5.41, 5.74) is 0.726. The molecule has 0 saturated carbocycles. The van der Waals surface area contributed by atoms with Crippen LogP contribution in [0.5, 0.6) is 0 Å². The summed E-state index contributed by atoms with van der Waals surface area (Å²) in [4.78, 5) is 12.2. The number of non-ortho nitro benzene ring substituents is 1. The Morgan fingerprint density at radius 2 is 1.65 bits per heavy atom. The van der Waals surface area contributed by atoms with Crippen molar-refractivity contribution in [2.24, 2.45) is 0 Å². The fourth-order valence-electron chi connectivity index (χ4n) is 3.57. The Bertz CT molecular complexity index is 1040. The number of rotatable bonds is 5. The number of sulfonamides is 1. The van der Waals surface area contributed by atoms with Crippen molar-refractivity contribution >= 4 is 21.4 Å². The van der Waals surface area contributed by atoms with Gasteiger partial charge in [-0.25, -0.2) is 8.42 Å². The number of nitro benzene ring substituents is 1. The van der Waals surface area contributed by atoms with E-state index in [1.54, 1.807) is 19.1 Å². The molecule has 0 aromatic heterocycles. The smallest absolute Gasteiger partial charge is 0.369 e. The SMILES string of the molecule is CC1CN(c2ccc([N+](=O)[O-])cc2)CCN1S(=O)(=O)c1ccc(C(C)C(F)(F)F)cc1. The zero-order chi connectivity index (χ0) is 23.0. The van der Waals surface area contributed by atoms with Gasteiger partial charge in [-0.1, -0.05) is 12.1 Å². The molecule has 3 rings (SSSR count). The van der Waals surface area contributed by atoms with Crippen molar-refractivity contribution in [3.63, 3.8) is 0 Å². The highest BCUT2D eigenvalue weighted by atomic mass is 32.2. The Kier molecular flexibility index (Phi) is 6.28. The van der Waals surface area contributed by atoms with Crippen LogP contribution in [0.1, 0.15) is 25.3 Å². The highest BCUT2D eigenvalue weighted by Gasteiger charge is 2.38. The highest BCUT2D eigenvalue weighted by Crippen LogP contribution is 2.35. The zero-order valence-corrected chi connectivity index (χ0v) is 17.7. The van der Waals surface area contributed by atoms with Crippen LogP contribution in [0, 0.1) is 10.1 Å². The molecule has 0 N–H and O–H groups in total. The van der Waals surface area contributed by atoms with Crippen LogP contribution in [0.15, 0.2) is 53.4 Å². The molecule has 2 atom stereocenters. The third-order valence-electron chi connectivity index (χ3n) is 5.47. The monoisotopic (exact) mass is 457 g/mol. The quantitative estimate of drug-likeness (QED) is 0.497. The Hall–Kier alpha value is -2.66. The van der Waals surface area contributed by atoms with E-state index in [1.165, 1.54) is 40.7 Å². The van der Waals surface area contributed by atoms with Gasteiger partial charge in [-0.2, -0.15) is 17.5 Å². The van der Waals surface area contributed by atoms with Gasteiger partial charge in [-0.15, -0.1) is 0 Å². The van der Waals surface area contributed by atoms with Gasteiger partial charge in [0.25, 0.3) is 5.69 Å². The summed E-state index contributed by atoms with van der Waals surface area (Å²) in [5.74, 6) is -1.69. The predicted molar refractivity (Wildman–Crippen MR) is 110 cm³/mol. The van der Waals surface area contributed by atoms with E-state index < -0.39 is 33.1 Å². The van der Waals surface area contributed by atoms with Crippen LogP contribution < -0.4 is 4.90 Å². The Balaban J connectivity index is 1.74. The molecule has 0 radical (unpaired) electrons. The molecule has 1 heterocycles. The van der Waals surface area contributed by atoms with Crippen LogP contribution in [-0.4, -0.2) is 49.5 Å². The second-order valence-electron chi connectivity index (χ2n) is 7.52. The molecule has 7 nitrogen and oxygen atoms in total. The molecule has 1 aliphatic rings. The topological polar surface area (TPSA) is 83.8 Å². The summed E-state index contributed by atoms with van der Waals surface area (Å²) in [7, 11) is -3.88. The molecule has 31 heavy (non-hydrogen) atoms. The van der Waals surface area contributed by atoms with E-state index in [2.05, 4.69) is 0 Å². The second kappa shape index (κ2) is 8.46. The minimum atomic E-state index is -4.40. The standard InChI is InChI=1S/C20H22F3N3O4S/c1-14-13-24(17-5-7-18(8-6-17)26(27)28)11-12-25(14)31(29,30)19-9-3-16(4-10-19)15(2)20(21,22)23/h3-10,14-15H,11-13H2,1-2H3. The number of hydrogen-bond donors (Lipinski definition) is 0. The van der Waals surface area contributed by atoms with Gasteiger partial charge in [0.2, 0.25) is 10.0 Å². The first-order valence-corrected chi connectivity index (χ1v) is 11.0. The highest BCUT2D eigenvalue weighted by molar-refractivity contribution is 7.89. The molecule has 1 saturated heterocycles. The Morgan fingerprint density at radius 1 is 1.06 bits per heavy atom. The van der Waals surface area contributed by atoms with Crippen LogP contribution in [0.4, 0.5) is 24.5 Å². The van der Waals surface area contributed by atoms with Gasteiger partial charge in [-0.05, 0) is 43.7 Å².